The van der Waals surface area contributed by atoms with Crippen molar-refractivity contribution in [1.29, 1.82) is 0 Å². The third-order valence-electron chi connectivity index (χ3n) is 6.19. The van der Waals surface area contributed by atoms with E-state index < -0.39 is 0 Å². The molecule has 4 aromatic heterocycles. The molecule has 0 bridgehead atoms. The van der Waals surface area contributed by atoms with Gasteiger partial charge in [-0.15, -0.1) is 0 Å². The lowest BCUT2D eigenvalue weighted by atomic mass is 10.3. The maximum atomic E-state index is 2.21. The van der Waals surface area contributed by atoms with Crippen molar-refractivity contribution in [2.45, 2.75) is 105 Å². The van der Waals surface area contributed by atoms with Crippen LogP contribution in [-0.2, 0) is 26.2 Å². The molecule has 0 aliphatic heterocycles. The standard InChI is InChI=1S/4C9H14N.4ClH/c4*1-2-3-7-10-8-5-4-6-9-10;;;;/h4*4-6,8-9H,2-3,7H2,1H3;4*1H/q4*+1;;;;/p-4. The summed E-state index contributed by atoms with van der Waals surface area (Å²) in [6.07, 6.45) is 27.0. The van der Waals surface area contributed by atoms with Crippen LogP contribution in [0.2, 0.25) is 0 Å². The van der Waals surface area contributed by atoms with Gasteiger partial charge >= 0.3 is 0 Å². The number of hydrogen-bond acceptors (Lipinski definition) is 0. The highest BCUT2D eigenvalue weighted by molar-refractivity contribution is 4.85. The van der Waals surface area contributed by atoms with E-state index in [0.29, 0.717) is 0 Å². The summed E-state index contributed by atoms with van der Waals surface area (Å²) in [6.45, 7) is 13.4. The van der Waals surface area contributed by atoms with E-state index in [4.69, 9.17) is 0 Å². The maximum Gasteiger partial charge on any atom is 0.168 e. The average molecular weight is 687 g/mol. The van der Waals surface area contributed by atoms with E-state index >= 15 is 0 Å². The van der Waals surface area contributed by atoms with E-state index in [2.05, 4.69) is 144 Å². The van der Waals surface area contributed by atoms with Crippen LogP contribution in [0.3, 0.4) is 0 Å². The average Bonchev–Trinajstić information content (AvgIpc) is 3.04. The van der Waals surface area contributed by atoms with Crippen molar-refractivity contribution in [2.75, 3.05) is 0 Å². The molecule has 44 heavy (non-hydrogen) atoms. The summed E-state index contributed by atoms with van der Waals surface area (Å²) >= 11 is 0. The maximum absolute atomic E-state index is 2.21. The third-order valence-corrected chi connectivity index (χ3v) is 6.19. The minimum atomic E-state index is 0. The lowest BCUT2D eigenvalue weighted by Gasteiger charge is -1.91. The second-order valence-corrected chi connectivity index (χ2v) is 9.87. The lowest BCUT2D eigenvalue weighted by Crippen LogP contribution is -3.00. The molecule has 4 heterocycles. The van der Waals surface area contributed by atoms with Crippen molar-refractivity contribution in [3.8, 4) is 0 Å². The molecule has 0 aliphatic carbocycles. The molecule has 0 spiro atoms. The predicted octanol–water partition coefficient (Wildman–Crippen LogP) is -4.89. The van der Waals surface area contributed by atoms with Crippen molar-refractivity contribution >= 4 is 0 Å². The highest BCUT2D eigenvalue weighted by atomic mass is 35.5. The smallest absolute Gasteiger partial charge is 0.168 e. The Kier molecular flexibility index (Phi) is 40.9. The molecule has 0 aliphatic rings. The van der Waals surface area contributed by atoms with Crippen LogP contribution in [0.4, 0.5) is 0 Å². The molecule has 8 heteroatoms. The first-order chi connectivity index (χ1) is 19.7. The second kappa shape index (κ2) is 36.9. The number of unbranched alkanes of at least 4 members (excludes halogenated alkanes) is 4. The van der Waals surface area contributed by atoms with Gasteiger partial charge in [0.15, 0.2) is 49.6 Å². The molecule has 0 aromatic carbocycles. The monoisotopic (exact) mass is 684 g/mol. The molecule has 0 fully saturated rings. The van der Waals surface area contributed by atoms with Gasteiger partial charge in [0.1, 0.15) is 26.2 Å². The third kappa shape index (κ3) is 28.5. The highest BCUT2D eigenvalue weighted by Gasteiger charge is 1.95. The summed E-state index contributed by atoms with van der Waals surface area (Å²) in [5, 5.41) is 0. The van der Waals surface area contributed by atoms with Crippen LogP contribution < -0.4 is 67.9 Å². The summed E-state index contributed by atoms with van der Waals surface area (Å²) in [4.78, 5) is 0. The van der Waals surface area contributed by atoms with Gasteiger partial charge in [0.05, 0.1) is 0 Å². The fourth-order valence-corrected chi connectivity index (χ4v) is 3.70. The number of aromatic nitrogens is 4. The molecule has 0 radical (unpaired) electrons. The van der Waals surface area contributed by atoms with Crippen LogP contribution in [0, 0.1) is 0 Å². The van der Waals surface area contributed by atoms with Crippen molar-refractivity contribution in [3.05, 3.63) is 122 Å². The summed E-state index contributed by atoms with van der Waals surface area (Å²) in [5.41, 5.74) is 0. The zero-order valence-electron chi connectivity index (χ0n) is 27.3. The van der Waals surface area contributed by atoms with Gasteiger partial charge in [0.2, 0.25) is 0 Å². The molecule has 4 aromatic rings. The Morgan fingerprint density at radius 2 is 0.432 bits per heavy atom. The van der Waals surface area contributed by atoms with Gasteiger partial charge in [-0.1, -0.05) is 77.6 Å². The number of rotatable bonds is 12. The van der Waals surface area contributed by atoms with Gasteiger partial charge in [0, 0.05) is 74.2 Å². The molecule has 0 saturated heterocycles. The molecular formula is C36H56Cl4N4. The fraction of sp³-hybridized carbons (Fsp3) is 0.444. The van der Waals surface area contributed by atoms with Crippen LogP contribution in [0.1, 0.15) is 79.1 Å². The summed E-state index contributed by atoms with van der Waals surface area (Å²) in [6, 6.07) is 24.7. The zero-order chi connectivity index (χ0) is 28.9. The number of pyridine rings is 4. The minimum absolute atomic E-state index is 0. The quantitative estimate of drug-likeness (QED) is 0.133. The Labute approximate surface area is 294 Å². The molecule has 0 atom stereocenters. The van der Waals surface area contributed by atoms with Crippen molar-refractivity contribution in [3.63, 3.8) is 0 Å². The van der Waals surface area contributed by atoms with Gasteiger partial charge in [-0.05, 0) is 0 Å². The summed E-state index contributed by atoms with van der Waals surface area (Å²) < 4.78 is 8.85. The molecule has 0 unspecified atom stereocenters. The summed E-state index contributed by atoms with van der Waals surface area (Å²) in [7, 11) is 0. The largest absolute Gasteiger partial charge is 1.00 e. The van der Waals surface area contributed by atoms with E-state index in [1.807, 2.05) is 24.3 Å². The Hall–Kier alpha value is -2.24. The second-order valence-electron chi connectivity index (χ2n) is 9.87. The van der Waals surface area contributed by atoms with Crippen molar-refractivity contribution < 1.29 is 67.9 Å². The normalized spacial score (nSPS) is 8.82. The fourth-order valence-electron chi connectivity index (χ4n) is 3.70. The number of nitrogens with zero attached hydrogens (tertiary/aromatic N) is 4. The SMILES string of the molecule is CCCC[n+]1ccccc1.CCCC[n+]1ccccc1.CCCC[n+]1ccccc1.CCCC[n+]1ccccc1.[Cl-].[Cl-].[Cl-].[Cl-]. The van der Waals surface area contributed by atoms with Crippen molar-refractivity contribution in [1.82, 2.24) is 0 Å². The van der Waals surface area contributed by atoms with Crippen LogP contribution in [-0.4, -0.2) is 0 Å². The van der Waals surface area contributed by atoms with Gasteiger partial charge in [-0.25, -0.2) is 18.3 Å². The van der Waals surface area contributed by atoms with Gasteiger partial charge < -0.3 is 49.6 Å². The van der Waals surface area contributed by atoms with Crippen LogP contribution in [0.15, 0.2) is 122 Å². The van der Waals surface area contributed by atoms with Crippen LogP contribution >= 0.6 is 0 Å². The molecule has 4 rings (SSSR count). The zero-order valence-corrected chi connectivity index (χ0v) is 30.4. The highest BCUT2D eigenvalue weighted by Crippen LogP contribution is 1.88. The number of halogens is 4. The number of hydrogen-bond donors (Lipinski definition) is 0. The van der Waals surface area contributed by atoms with Crippen LogP contribution in [0.25, 0.3) is 0 Å². The first kappa shape index (κ1) is 48.7. The van der Waals surface area contributed by atoms with Gasteiger partial charge in [-0.3, -0.25) is 0 Å². The lowest BCUT2D eigenvalue weighted by molar-refractivity contribution is -0.697. The molecule has 4 nitrogen and oxygen atoms in total. The van der Waals surface area contributed by atoms with Gasteiger partial charge in [0.25, 0.3) is 0 Å². The molecule has 0 N–H and O–H groups in total. The number of aryl methyl sites for hydroxylation is 4. The summed E-state index contributed by atoms with van der Waals surface area (Å²) in [5.74, 6) is 0. The van der Waals surface area contributed by atoms with Crippen LogP contribution in [0.5, 0.6) is 0 Å². The van der Waals surface area contributed by atoms with E-state index in [1.165, 1.54) is 51.4 Å². The van der Waals surface area contributed by atoms with E-state index in [-0.39, 0.29) is 49.6 Å². The molecule has 0 saturated carbocycles. The van der Waals surface area contributed by atoms with E-state index in [9.17, 15) is 0 Å². The Morgan fingerprint density at radius 1 is 0.273 bits per heavy atom. The minimum Gasteiger partial charge on any atom is -1.00 e. The Morgan fingerprint density at radius 3 is 0.568 bits per heavy atom. The van der Waals surface area contributed by atoms with Gasteiger partial charge in [-0.2, -0.15) is 0 Å². The molecule has 0 amide bonds. The Balaban J connectivity index is -0.000000235. The predicted molar refractivity (Wildman–Crippen MR) is 166 cm³/mol. The molecular weight excluding hydrogens is 630 g/mol. The van der Waals surface area contributed by atoms with Crippen molar-refractivity contribution in [2.24, 2.45) is 0 Å². The Bertz CT molecular complexity index is 871. The van der Waals surface area contributed by atoms with E-state index in [1.54, 1.807) is 0 Å². The topological polar surface area (TPSA) is 15.5 Å². The first-order valence-corrected chi connectivity index (χ1v) is 15.5. The molecule has 248 valence electrons. The van der Waals surface area contributed by atoms with E-state index in [0.717, 1.165) is 26.2 Å². The first-order valence-electron chi connectivity index (χ1n) is 15.5.